The number of hydrogen-bond donors (Lipinski definition) is 0. The first kappa shape index (κ1) is 20.2. The Labute approximate surface area is 165 Å². The van der Waals surface area contributed by atoms with Crippen molar-refractivity contribution in [1.82, 2.24) is 0 Å². The molecule has 3 aromatic rings. The number of fused-ring (bicyclic) bond motifs is 3. The monoisotopic (exact) mass is 400 g/mol. The third kappa shape index (κ3) is 4.66. The molecule has 0 saturated carbocycles. The highest BCUT2D eigenvalue weighted by atomic mass is 16.6. The summed E-state index contributed by atoms with van der Waals surface area (Å²) in [4.78, 5) is 35.6. The van der Waals surface area contributed by atoms with Crippen LogP contribution in [0.3, 0.4) is 0 Å². The quantitative estimate of drug-likeness (QED) is 0.323. The number of rotatable bonds is 8. The van der Waals surface area contributed by atoms with E-state index in [1.807, 2.05) is 0 Å². The summed E-state index contributed by atoms with van der Waals surface area (Å²) in [6, 6.07) is 9.90. The number of carbonyl (C=O) groups is 2. The lowest BCUT2D eigenvalue weighted by Crippen LogP contribution is -2.16. The van der Waals surface area contributed by atoms with Crippen LogP contribution < -0.4 is 15.1 Å². The van der Waals surface area contributed by atoms with Gasteiger partial charge in [-0.2, -0.15) is 0 Å². The molecule has 0 radical (unpaired) electrons. The van der Waals surface area contributed by atoms with Gasteiger partial charge in [-0.05, 0) is 19.9 Å². The second-order valence-electron chi connectivity index (χ2n) is 5.92. The van der Waals surface area contributed by atoms with E-state index in [1.54, 1.807) is 38.1 Å². The summed E-state index contributed by atoms with van der Waals surface area (Å²) < 4.78 is 26.2. The smallest absolute Gasteiger partial charge is 0.344 e. The second kappa shape index (κ2) is 9.09. The van der Waals surface area contributed by atoms with Crippen molar-refractivity contribution in [2.24, 2.45) is 0 Å². The number of esters is 2. The molecule has 1 aromatic heterocycles. The molecule has 29 heavy (non-hydrogen) atoms. The SMILES string of the molecule is CCOC(=O)COc1cc(OCC(=O)OCC)c2c(c1)oc(=O)c1ccccc12. The molecule has 8 nitrogen and oxygen atoms in total. The number of hydrogen-bond acceptors (Lipinski definition) is 8. The maximum absolute atomic E-state index is 12.3. The summed E-state index contributed by atoms with van der Waals surface area (Å²) in [5, 5.41) is 1.49. The predicted molar refractivity (Wildman–Crippen MR) is 104 cm³/mol. The lowest BCUT2D eigenvalue weighted by atomic mass is 10.1. The van der Waals surface area contributed by atoms with Crippen LogP contribution in [0.1, 0.15) is 13.8 Å². The molecular formula is C21H20O8. The molecule has 0 aliphatic rings. The summed E-state index contributed by atoms with van der Waals surface area (Å²) in [5.74, 6) is -0.598. The van der Waals surface area contributed by atoms with Crippen molar-refractivity contribution in [3.8, 4) is 11.5 Å². The largest absolute Gasteiger partial charge is 0.482 e. The molecule has 0 amide bonds. The Balaban J connectivity index is 2.06. The Bertz CT molecular complexity index is 1100. The minimum atomic E-state index is -0.541. The second-order valence-corrected chi connectivity index (χ2v) is 5.92. The van der Waals surface area contributed by atoms with Gasteiger partial charge in [0.2, 0.25) is 0 Å². The van der Waals surface area contributed by atoms with Gasteiger partial charge >= 0.3 is 17.6 Å². The highest BCUT2D eigenvalue weighted by Crippen LogP contribution is 2.35. The van der Waals surface area contributed by atoms with Crippen LogP contribution in [-0.4, -0.2) is 38.4 Å². The van der Waals surface area contributed by atoms with Crippen LogP contribution in [0, 0.1) is 0 Å². The third-order valence-electron chi connectivity index (χ3n) is 3.97. The van der Waals surface area contributed by atoms with Crippen molar-refractivity contribution in [2.75, 3.05) is 26.4 Å². The van der Waals surface area contributed by atoms with Gasteiger partial charge in [-0.25, -0.2) is 14.4 Å². The van der Waals surface area contributed by atoms with E-state index in [-0.39, 0.29) is 43.5 Å². The Morgan fingerprint density at radius 3 is 2.17 bits per heavy atom. The van der Waals surface area contributed by atoms with Crippen LogP contribution in [-0.2, 0) is 19.1 Å². The van der Waals surface area contributed by atoms with Crippen molar-refractivity contribution in [2.45, 2.75) is 13.8 Å². The number of benzene rings is 2. The standard InChI is InChI=1S/C21H20O8/c1-3-25-18(22)11-27-13-9-16(28-12-19(23)26-4-2)20-14-7-5-6-8-15(14)21(24)29-17(20)10-13/h5-10H,3-4,11-12H2,1-2H3. The molecule has 0 aliphatic carbocycles. The molecule has 3 rings (SSSR count). The van der Waals surface area contributed by atoms with Crippen molar-refractivity contribution in [3.05, 3.63) is 46.8 Å². The molecule has 0 atom stereocenters. The zero-order valence-electron chi connectivity index (χ0n) is 16.1. The van der Waals surface area contributed by atoms with E-state index >= 15 is 0 Å². The Hall–Kier alpha value is -3.55. The highest BCUT2D eigenvalue weighted by Gasteiger charge is 2.16. The van der Waals surface area contributed by atoms with Crippen LogP contribution in [0.25, 0.3) is 21.7 Å². The van der Waals surface area contributed by atoms with E-state index in [9.17, 15) is 14.4 Å². The van der Waals surface area contributed by atoms with Gasteiger partial charge in [-0.15, -0.1) is 0 Å². The van der Waals surface area contributed by atoms with E-state index in [0.717, 1.165) is 0 Å². The molecule has 2 aromatic carbocycles. The van der Waals surface area contributed by atoms with Crippen LogP contribution in [0.2, 0.25) is 0 Å². The first-order valence-corrected chi connectivity index (χ1v) is 9.10. The molecule has 0 N–H and O–H groups in total. The van der Waals surface area contributed by atoms with Crippen LogP contribution in [0.4, 0.5) is 0 Å². The van der Waals surface area contributed by atoms with E-state index in [1.165, 1.54) is 12.1 Å². The average Bonchev–Trinajstić information content (AvgIpc) is 2.71. The van der Waals surface area contributed by atoms with Gasteiger partial charge in [0.05, 0.1) is 24.0 Å². The van der Waals surface area contributed by atoms with Gasteiger partial charge in [0.1, 0.15) is 17.1 Å². The van der Waals surface area contributed by atoms with Crippen LogP contribution >= 0.6 is 0 Å². The summed E-state index contributed by atoms with van der Waals surface area (Å²) in [5.41, 5.74) is -0.319. The van der Waals surface area contributed by atoms with Crippen molar-refractivity contribution in [3.63, 3.8) is 0 Å². The van der Waals surface area contributed by atoms with Gasteiger partial charge in [0, 0.05) is 17.5 Å². The molecule has 0 saturated heterocycles. The Morgan fingerprint density at radius 2 is 1.52 bits per heavy atom. The van der Waals surface area contributed by atoms with Crippen molar-refractivity contribution >= 4 is 33.7 Å². The molecule has 8 heteroatoms. The lowest BCUT2D eigenvalue weighted by molar-refractivity contribution is -0.146. The summed E-state index contributed by atoms with van der Waals surface area (Å²) >= 11 is 0. The first-order valence-electron chi connectivity index (χ1n) is 9.10. The normalized spacial score (nSPS) is 10.7. The maximum atomic E-state index is 12.3. The zero-order valence-corrected chi connectivity index (χ0v) is 16.1. The van der Waals surface area contributed by atoms with E-state index < -0.39 is 17.6 Å². The van der Waals surface area contributed by atoms with Gasteiger partial charge in [0.25, 0.3) is 0 Å². The van der Waals surface area contributed by atoms with Gasteiger partial charge in [-0.3, -0.25) is 0 Å². The number of ether oxygens (including phenoxy) is 4. The summed E-state index contributed by atoms with van der Waals surface area (Å²) in [6.07, 6.45) is 0. The fourth-order valence-electron chi connectivity index (χ4n) is 2.83. The Morgan fingerprint density at radius 1 is 0.897 bits per heavy atom. The van der Waals surface area contributed by atoms with Gasteiger partial charge in [-0.1, -0.05) is 18.2 Å². The van der Waals surface area contributed by atoms with Gasteiger partial charge < -0.3 is 23.4 Å². The summed E-state index contributed by atoms with van der Waals surface area (Å²) in [6.45, 7) is 3.18. The average molecular weight is 400 g/mol. The summed E-state index contributed by atoms with van der Waals surface area (Å²) in [7, 11) is 0. The molecule has 0 unspecified atom stereocenters. The molecule has 1 heterocycles. The van der Waals surface area contributed by atoms with E-state index in [0.29, 0.717) is 16.2 Å². The third-order valence-corrected chi connectivity index (χ3v) is 3.97. The molecule has 0 fully saturated rings. The topological polar surface area (TPSA) is 101 Å². The highest BCUT2D eigenvalue weighted by molar-refractivity contribution is 6.08. The van der Waals surface area contributed by atoms with E-state index in [2.05, 4.69) is 0 Å². The van der Waals surface area contributed by atoms with Gasteiger partial charge in [0.15, 0.2) is 13.2 Å². The van der Waals surface area contributed by atoms with E-state index in [4.69, 9.17) is 23.4 Å². The molecule has 0 spiro atoms. The minimum Gasteiger partial charge on any atom is -0.482 e. The maximum Gasteiger partial charge on any atom is 0.344 e. The molecule has 152 valence electrons. The fraction of sp³-hybridized carbons (Fsp3) is 0.286. The van der Waals surface area contributed by atoms with Crippen LogP contribution in [0.5, 0.6) is 11.5 Å². The fourth-order valence-corrected chi connectivity index (χ4v) is 2.83. The molecular weight excluding hydrogens is 380 g/mol. The predicted octanol–water partition coefficient (Wildman–Crippen LogP) is 2.83. The molecule has 0 aliphatic heterocycles. The van der Waals surface area contributed by atoms with Crippen molar-refractivity contribution in [1.29, 1.82) is 0 Å². The Kier molecular flexibility index (Phi) is 6.33. The molecule has 0 bridgehead atoms. The number of carbonyl (C=O) groups excluding carboxylic acids is 2. The minimum absolute atomic E-state index is 0.203. The van der Waals surface area contributed by atoms with Crippen LogP contribution in [0.15, 0.2) is 45.6 Å². The first-order chi connectivity index (χ1) is 14.0. The zero-order chi connectivity index (χ0) is 20.8. The van der Waals surface area contributed by atoms with Crippen molar-refractivity contribution < 1.29 is 33.0 Å². The lowest BCUT2D eigenvalue weighted by Gasteiger charge is -2.13.